The van der Waals surface area contributed by atoms with E-state index in [0.29, 0.717) is 6.42 Å². The van der Waals surface area contributed by atoms with Crippen LogP contribution in [0.4, 0.5) is 0 Å². The van der Waals surface area contributed by atoms with Crippen LogP contribution in [0.3, 0.4) is 0 Å². The van der Waals surface area contributed by atoms with Crippen molar-refractivity contribution < 1.29 is 29.7 Å². The number of hydrogen-bond donors (Lipinski definition) is 3. The molecule has 3 N–H and O–H groups in total. The Morgan fingerprint density at radius 2 is 1.62 bits per heavy atom. The van der Waals surface area contributed by atoms with Crippen LogP contribution in [0.25, 0.3) is 5.53 Å². The molecule has 0 fully saturated rings. The molecule has 0 aliphatic heterocycles. The molecule has 0 bridgehead atoms. The zero-order valence-electron chi connectivity index (χ0n) is 20.6. The Labute approximate surface area is 205 Å². The topological polar surface area (TPSA) is 128 Å². The average Bonchev–Trinajstić information content (AvgIpc) is 2.77. The molecule has 0 heterocycles. The number of nitrogens with zero attached hydrogens (tertiary/aromatic N) is 1. The van der Waals surface area contributed by atoms with Crippen LogP contribution in [0, 0.1) is 0 Å². The maximum atomic E-state index is 13.7. The third-order valence-corrected chi connectivity index (χ3v) is 7.04. The van der Waals surface area contributed by atoms with E-state index in [4.69, 9.17) is 11.6 Å². The Bertz CT molecular complexity index is 1090. The maximum Gasteiger partial charge on any atom is 0.233 e. The zero-order valence-corrected chi connectivity index (χ0v) is 21.3. The van der Waals surface area contributed by atoms with Gasteiger partial charge in [0.15, 0.2) is 11.4 Å². The van der Waals surface area contributed by atoms with Crippen molar-refractivity contribution in [1.82, 2.24) is 0 Å². The summed E-state index contributed by atoms with van der Waals surface area (Å²) in [5.74, 6) is -3.29. The van der Waals surface area contributed by atoms with Gasteiger partial charge < -0.3 is 20.9 Å². The summed E-state index contributed by atoms with van der Waals surface area (Å²) in [5.41, 5.74) is 9.00. The molecule has 0 amide bonds. The van der Waals surface area contributed by atoms with Crippen molar-refractivity contribution in [3.05, 3.63) is 63.0 Å². The van der Waals surface area contributed by atoms with Crippen LogP contribution in [0.15, 0.2) is 57.4 Å². The molecule has 3 unspecified atom stereocenters. The number of aliphatic hydroxyl groups excluding tert-OH is 1. The quantitative estimate of drug-likeness (QED) is 0.274. The fourth-order valence-electron chi connectivity index (χ4n) is 4.18. The minimum Gasteiger partial charge on any atom is -0.508 e. The molecule has 0 saturated heterocycles. The van der Waals surface area contributed by atoms with E-state index in [9.17, 15) is 30.1 Å². The van der Waals surface area contributed by atoms with Crippen LogP contribution in [-0.4, -0.2) is 44.1 Å². The Balaban J connectivity index is 2.69. The number of aliphatic hydroxyl groups is 2. The first-order valence-electron chi connectivity index (χ1n) is 11.2. The Morgan fingerprint density at radius 3 is 2.15 bits per heavy atom. The molecule has 34 heavy (non-hydrogen) atoms. The summed E-state index contributed by atoms with van der Waals surface area (Å²) in [6.07, 6.45) is 6.40. The Kier molecular flexibility index (Phi) is 8.38. The summed E-state index contributed by atoms with van der Waals surface area (Å²) in [5, 5.41) is 24.1. The van der Waals surface area contributed by atoms with E-state index in [1.807, 2.05) is 20.8 Å². The lowest BCUT2D eigenvalue weighted by atomic mass is 9.63. The van der Waals surface area contributed by atoms with Gasteiger partial charge in [0.25, 0.3) is 0 Å². The lowest BCUT2D eigenvalue weighted by molar-refractivity contribution is -0.498. The molecule has 184 valence electrons. The minimum atomic E-state index is -2.41. The standard InChI is InChI=1S/C26H33ClN2O5/c1-14(2)8-7-9-16(5)11-13-26(34)24(33)18-19(21(30)17(6)22(31)20(18)29-28)23(32)25(26,27)12-10-15(3)4/h8,10-11,20,29-30,34H,7,9,12-13H2,1-6H3. The third-order valence-electron chi connectivity index (χ3n) is 6.40. The van der Waals surface area contributed by atoms with Crippen LogP contribution < -0.4 is 5.11 Å². The van der Waals surface area contributed by atoms with Crippen LogP contribution in [0.2, 0.25) is 0 Å². The summed E-state index contributed by atoms with van der Waals surface area (Å²) in [6.45, 7) is 10.7. The number of halogens is 1. The van der Waals surface area contributed by atoms with Crippen LogP contribution >= 0.6 is 11.6 Å². The molecule has 0 aromatic heterocycles. The molecule has 2 rings (SSSR count). The van der Waals surface area contributed by atoms with E-state index in [2.05, 4.69) is 6.08 Å². The summed E-state index contributed by atoms with van der Waals surface area (Å²) in [7, 11) is 0. The van der Waals surface area contributed by atoms with E-state index in [0.717, 1.165) is 17.6 Å². The van der Waals surface area contributed by atoms with E-state index >= 15 is 0 Å². The van der Waals surface area contributed by atoms with Gasteiger partial charge in [0.05, 0.1) is 11.1 Å². The zero-order chi connectivity index (χ0) is 26.0. The third kappa shape index (κ3) is 4.77. The van der Waals surface area contributed by atoms with Crippen molar-refractivity contribution in [2.45, 2.75) is 83.7 Å². The summed E-state index contributed by atoms with van der Waals surface area (Å²) in [6, 6.07) is -1.60. The molecule has 0 aromatic rings. The second-order valence-corrected chi connectivity index (χ2v) is 10.2. The molecule has 7 nitrogen and oxygen atoms in total. The monoisotopic (exact) mass is 488 g/mol. The van der Waals surface area contributed by atoms with Crippen LogP contribution in [0.1, 0.15) is 67.2 Å². The lowest BCUT2D eigenvalue weighted by Gasteiger charge is -2.45. The Morgan fingerprint density at radius 1 is 1.03 bits per heavy atom. The second kappa shape index (κ2) is 10.3. The van der Waals surface area contributed by atoms with Crippen molar-refractivity contribution in [1.29, 1.82) is 0 Å². The van der Waals surface area contributed by atoms with Crippen molar-refractivity contribution in [2.24, 2.45) is 0 Å². The highest BCUT2D eigenvalue weighted by Crippen LogP contribution is 2.48. The number of Topliss-reactive ketones (excluding diaryl/α,β-unsaturated/α-hetero) is 3. The number of rotatable bonds is 8. The van der Waals surface area contributed by atoms with Gasteiger partial charge in [0.1, 0.15) is 10.6 Å². The minimum absolute atomic E-state index is 0.170. The molecular formula is C26H33ClN2O5. The highest BCUT2D eigenvalue weighted by atomic mass is 35.5. The summed E-state index contributed by atoms with van der Waals surface area (Å²) < 4.78 is 0. The smallest absolute Gasteiger partial charge is 0.233 e. The normalized spacial score (nSPS) is 27.6. The van der Waals surface area contributed by atoms with E-state index in [1.165, 1.54) is 12.5 Å². The number of ketones is 3. The molecule has 0 saturated carbocycles. The number of carbonyl (C=O) groups excluding carboxylic acids is 3. The first kappa shape index (κ1) is 27.6. The van der Waals surface area contributed by atoms with Crippen LogP contribution in [0.5, 0.6) is 0 Å². The van der Waals surface area contributed by atoms with Gasteiger partial charge in [-0.25, -0.2) is 0 Å². The van der Waals surface area contributed by atoms with E-state index in [1.54, 1.807) is 31.1 Å². The molecule has 2 aliphatic rings. The van der Waals surface area contributed by atoms with Gasteiger partial charge in [-0.15, -0.1) is 11.6 Å². The van der Waals surface area contributed by atoms with Gasteiger partial charge in [0.2, 0.25) is 17.6 Å². The van der Waals surface area contributed by atoms with Crippen molar-refractivity contribution in [2.75, 3.05) is 0 Å². The molecule has 2 aliphatic carbocycles. The molecule has 8 heteroatoms. The lowest BCUT2D eigenvalue weighted by Crippen LogP contribution is -2.79. The largest absolute Gasteiger partial charge is 0.508 e. The van der Waals surface area contributed by atoms with Crippen molar-refractivity contribution in [3.63, 3.8) is 0 Å². The van der Waals surface area contributed by atoms with Crippen LogP contribution in [-0.2, 0) is 14.4 Å². The fourth-order valence-corrected chi connectivity index (χ4v) is 4.52. The van der Waals surface area contributed by atoms with Gasteiger partial charge in [0, 0.05) is 12.0 Å². The van der Waals surface area contributed by atoms with Gasteiger partial charge in [-0.05, 0) is 60.8 Å². The number of hydrogen-bond acceptors (Lipinski definition) is 5. The first-order valence-corrected chi connectivity index (χ1v) is 11.6. The fraction of sp³-hybridized carbons (Fsp3) is 0.500. The van der Waals surface area contributed by atoms with E-state index in [-0.39, 0.29) is 18.4 Å². The number of nitrogens with one attached hydrogen (secondary N) is 1. The average molecular weight is 489 g/mol. The highest BCUT2D eigenvalue weighted by Gasteiger charge is 2.66. The van der Waals surface area contributed by atoms with Gasteiger partial charge >= 0.3 is 0 Å². The predicted octanol–water partition coefficient (Wildman–Crippen LogP) is 3.47. The van der Waals surface area contributed by atoms with Gasteiger partial charge in [-0.2, -0.15) is 0 Å². The summed E-state index contributed by atoms with van der Waals surface area (Å²) >= 11 is 6.82. The molecule has 3 atom stereocenters. The van der Waals surface area contributed by atoms with E-state index < -0.39 is 50.8 Å². The first-order chi connectivity index (χ1) is 15.7. The SMILES string of the molecule is CC(C)=CCCC(C)=CCC1(O)C(=O)C2=C(C(=O)C1(Cl)CC=C(C)C)C(O)=C(C)C(=O)C2[NH+]=[N-]. The Hall–Kier alpha value is -2.64. The van der Waals surface area contributed by atoms with Gasteiger partial charge in [-0.1, -0.05) is 34.9 Å². The molecular weight excluding hydrogens is 456 g/mol. The molecule has 0 aromatic carbocycles. The van der Waals surface area contributed by atoms with Gasteiger partial charge in [-0.3, -0.25) is 14.4 Å². The second-order valence-electron chi connectivity index (χ2n) is 9.57. The molecule has 0 spiro atoms. The maximum absolute atomic E-state index is 13.7. The predicted molar refractivity (Wildman–Crippen MR) is 130 cm³/mol. The highest BCUT2D eigenvalue weighted by molar-refractivity contribution is 6.45. The molecule has 0 radical (unpaired) electrons. The van der Waals surface area contributed by atoms with Crippen molar-refractivity contribution >= 4 is 29.0 Å². The van der Waals surface area contributed by atoms with Crippen molar-refractivity contribution in [3.8, 4) is 0 Å². The summed E-state index contributed by atoms with van der Waals surface area (Å²) in [4.78, 5) is 37.9. The number of allylic oxidation sites excluding steroid dienone is 6. The number of alkyl halides is 1. The number of carbonyl (C=O) groups is 3.